The summed E-state index contributed by atoms with van der Waals surface area (Å²) in [6.45, 7) is 1.71. The molecule has 106 valence electrons. The van der Waals surface area contributed by atoms with Gasteiger partial charge in [0.15, 0.2) is 0 Å². The standard InChI is InChI=1S/C15H12FN3O2/c1-10(12-4-2-3-5-15(12)19(20)21)18-14-7-6-11(9-17)8-13(14)16/h2-8,10,18H,1H3. The number of hydrogen-bond acceptors (Lipinski definition) is 4. The predicted octanol–water partition coefficient (Wildman–Crippen LogP) is 3.78. The summed E-state index contributed by atoms with van der Waals surface area (Å²) in [5, 5.41) is 22.6. The third kappa shape index (κ3) is 3.15. The van der Waals surface area contributed by atoms with Crippen molar-refractivity contribution in [3.63, 3.8) is 0 Å². The molecule has 21 heavy (non-hydrogen) atoms. The van der Waals surface area contributed by atoms with Gasteiger partial charge < -0.3 is 5.32 Å². The number of rotatable bonds is 4. The quantitative estimate of drug-likeness (QED) is 0.685. The van der Waals surface area contributed by atoms with Crippen LogP contribution in [0, 0.1) is 27.3 Å². The monoisotopic (exact) mass is 285 g/mol. The van der Waals surface area contributed by atoms with Crippen molar-refractivity contribution in [2.45, 2.75) is 13.0 Å². The highest BCUT2D eigenvalue weighted by atomic mass is 19.1. The maximum absolute atomic E-state index is 13.8. The van der Waals surface area contributed by atoms with Crippen LogP contribution < -0.4 is 5.32 Å². The topological polar surface area (TPSA) is 79.0 Å². The highest BCUT2D eigenvalue weighted by molar-refractivity contribution is 5.52. The Morgan fingerprint density at radius 3 is 2.67 bits per heavy atom. The first-order valence-electron chi connectivity index (χ1n) is 6.22. The van der Waals surface area contributed by atoms with Crippen LogP contribution in [-0.4, -0.2) is 4.92 Å². The zero-order valence-electron chi connectivity index (χ0n) is 11.2. The summed E-state index contributed by atoms with van der Waals surface area (Å²) in [6.07, 6.45) is 0. The zero-order valence-corrected chi connectivity index (χ0v) is 11.2. The summed E-state index contributed by atoms with van der Waals surface area (Å²) in [4.78, 5) is 10.5. The van der Waals surface area contributed by atoms with Crippen molar-refractivity contribution in [1.82, 2.24) is 0 Å². The molecule has 0 fully saturated rings. The normalized spacial score (nSPS) is 11.5. The van der Waals surface area contributed by atoms with E-state index in [9.17, 15) is 14.5 Å². The summed E-state index contributed by atoms with van der Waals surface area (Å²) in [5.41, 5.74) is 0.855. The molecule has 0 amide bonds. The summed E-state index contributed by atoms with van der Waals surface area (Å²) < 4.78 is 13.8. The molecule has 5 nitrogen and oxygen atoms in total. The first kappa shape index (κ1) is 14.5. The molecule has 0 aromatic heterocycles. The average molecular weight is 285 g/mol. The fraction of sp³-hybridized carbons (Fsp3) is 0.133. The number of halogens is 1. The van der Waals surface area contributed by atoms with Crippen molar-refractivity contribution in [2.75, 3.05) is 5.32 Å². The van der Waals surface area contributed by atoms with Crippen LogP contribution in [0.15, 0.2) is 42.5 Å². The minimum atomic E-state index is -0.570. The van der Waals surface area contributed by atoms with E-state index in [4.69, 9.17) is 5.26 Å². The van der Waals surface area contributed by atoms with Crippen LogP contribution in [0.4, 0.5) is 15.8 Å². The van der Waals surface area contributed by atoms with Crippen molar-refractivity contribution in [3.05, 3.63) is 69.5 Å². The van der Waals surface area contributed by atoms with E-state index in [0.717, 1.165) is 6.07 Å². The number of nitrogens with zero attached hydrogens (tertiary/aromatic N) is 2. The van der Waals surface area contributed by atoms with Gasteiger partial charge in [-0.25, -0.2) is 4.39 Å². The van der Waals surface area contributed by atoms with Crippen LogP contribution >= 0.6 is 0 Å². The number of hydrogen-bond donors (Lipinski definition) is 1. The van der Waals surface area contributed by atoms with Gasteiger partial charge in [-0.3, -0.25) is 10.1 Å². The third-order valence-corrected chi connectivity index (χ3v) is 3.07. The van der Waals surface area contributed by atoms with Gasteiger partial charge in [-0.1, -0.05) is 18.2 Å². The molecule has 0 spiro atoms. The molecule has 0 bridgehead atoms. The lowest BCUT2D eigenvalue weighted by molar-refractivity contribution is -0.385. The number of para-hydroxylation sites is 1. The molecule has 2 aromatic rings. The van der Waals surface area contributed by atoms with Gasteiger partial charge in [0.25, 0.3) is 5.69 Å². The van der Waals surface area contributed by atoms with Gasteiger partial charge in [0.2, 0.25) is 0 Å². The van der Waals surface area contributed by atoms with Gasteiger partial charge in [0.05, 0.1) is 33.8 Å². The van der Waals surface area contributed by atoms with Crippen molar-refractivity contribution < 1.29 is 9.31 Å². The average Bonchev–Trinajstić information content (AvgIpc) is 2.49. The molecule has 0 radical (unpaired) electrons. The zero-order chi connectivity index (χ0) is 15.4. The lowest BCUT2D eigenvalue weighted by Gasteiger charge is -2.16. The molecule has 0 aliphatic carbocycles. The molecule has 0 heterocycles. The van der Waals surface area contributed by atoms with Crippen molar-refractivity contribution >= 4 is 11.4 Å². The van der Waals surface area contributed by atoms with Gasteiger partial charge in [0, 0.05) is 6.07 Å². The van der Waals surface area contributed by atoms with Crippen LogP contribution in [0.5, 0.6) is 0 Å². The second-order valence-corrected chi connectivity index (χ2v) is 4.49. The van der Waals surface area contributed by atoms with E-state index in [1.807, 2.05) is 6.07 Å². The number of anilines is 1. The molecule has 1 N–H and O–H groups in total. The molecule has 2 rings (SSSR count). The number of nitro groups is 1. The Morgan fingerprint density at radius 1 is 1.33 bits per heavy atom. The highest BCUT2D eigenvalue weighted by Gasteiger charge is 2.18. The van der Waals surface area contributed by atoms with Gasteiger partial charge in [-0.15, -0.1) is 0 Å². The lowest BCUT2D eigenvalue weighted by atomic mass is 10.1. The highest BCUT2D eigenvalue weighted by Crippen LogP contribution is 2.28. The van der Waals surface area contributed by atoms with Crippen LogP contribution in [-0.2, 0) is 0 Å². The maximum Gasteiger partial charge on any atom is 0.274 e. The van der Waals surface area contributed by atoms with Gasteiger partial charge in [0.1, 0.15) is 5.82 Å². The lowest BCUT2D eigenvalue weighted by Crippen LogP contribution is -2.10. The fourth-order valence-electron chi connectivity index (χ4n) is 2.03. The van der Waals surface area contributed by atoms with Crippen LogP contribution in [0.25, 0.3) is 0 Å². The van der Waals surface area contributed by atoms with Gasteiger partial charge in [-0.2, -0.15) is 5.26 Å². The molecular formula is C15H12FN3O2. The van der Waals surface area contributed by atoms with Gasteiger partial charge >= 0.3 is 0 Å². The number of nitrogens with one attached hydrogen (secondary N) is 1. The molecule has 0 aliphatic rings. The van der Waals surface area contributed by atoms with Crippen LogP contribution in [0.1, 0.15) is 24.1 Å². The summed E-state index contributed by atoms with van der Waals surface area (Å²) in [5.74, 6) is -0.570. The molecular weight excluding hydrogens is 273 g/mol. The van der Waals surface area contributed by atoms with E-state index < -0.39 is 16.8 Å². The summed E-state index contributed by atoms with van der Waals surface area (Å²) >= 11 is 0. The second kappa shape index (κ2) is 6.01. The molecule has 0 aliphatic heterocycles. The Morgan fingerprint density at radius 2 is 2.05 bits per heavy atom. The van der Waals surface area contributed by atoms with Crippen LogP contribution in [0.2, 0.25) is 0 Å². The van der Waals surface area contributed by atoms with E-state index in [-0.39, 0.29) is 16.9 Å². The Hall–Kier alpha value is -2.94. The minimum absolute atomic E-state index is 0.0217. The van der Waals surface area contributed by atoms with E-state index >= 15 is 0 Å². The molecule has 1 atom stereocenters. The molecule has 0 saturated heterocycles. The van der Waals surface area contributed by atoms with Crippen molar-refractivity contribution in [1.29, 1.82) is 5.26 Å². The SMILES string of the molecule is CC(Nc1ccc(C#N)cc1F)c1ccccc1[N+](=O)[O-]. The first-order valence-corrected chi connectivity index (χ1v) is 6.22. The van der Waals surface area contributed by atoms with Crippen molar-refractivity contribution in [3.8, 4) is 6.07 Å². The largest absolute Gasteiger partial charge is 0.376 e. The Balaban J connectivity index is 2.29. The summed E-state index contributed by atoms with van der Waals surface area (Å²) in [7, 11) is 0. The number of benzene rings is 2. The smallest absolute Gasteiger partial charge is 0.274 e. The molecule has 2 aromatic carbocycles. The van der Waals surface area contributed by atoms with Crippen molar-refractivity contribution in [2.24, 2.45) is 0 Å². The van der Waals surface area contributed by atoms with Gasteiger partial charge in [-0.05, 0) is 25.1 Å². The van der Waals surface area contributed by atoms with E-state index in [1.165, 1.54) is 18.2 Å². The summed E-state index contributed by atoms with van der Waals surface area (Å²) in [6, 6.07) is 11.7. The van der Waals surface area contributed by atoms with E-state index in [0.29, 0.717) is 5.56 Å². The first-order chi connectivity index (χ1) is 10.0. The number of nitro benzene ring substituents is 1. The Labute approximate surface area is 120 Å². The number of nitriles is 1. The van der Waals surface area contributed by atoms with E-state index in [1.54, 1.807) is 25.1 Å². The minimum Gasteiger partial charge on any atom is -0.376 e. The molecule has 0 saturated carbocycles. The predicted molar refractivity (Wildman–Crippen MR) is 76.2 cm³/mol. The molecule has 1 unspecified atom stereocenters. The second-order valence-electron chi connectivity index (χ2n) is 4.49. The van der Waals surface area contributed by atoms with Crippen LogP contribution in [0.3, 0.4) is 0 Å². The maximum atomic E-state index is 13.8. The Kier molecular flexibility index (Phi) is 4.14. The fourth-order valence-corrected chi connectivity index (χ4v) is 2.03. The molecule has 6 heteroatoms. The Bertz CT molecular complexity index is 725. The van der Waals surface area contributed by atoms with E-state index in [2.05, 4.69) is 5.32 Å². The third-order valence-electron chi connectivity index (χ3n) is 3.07.